The Balaban J connectivity index is 1.81. The molecule has 2 rings (SSSR count). The van der Waals surface area contributed by atoms with Crippen LogP contribution in [0.4, 0.5) is 4.39 Å². The highest BCUT2D eigenvalue weighted by molar-refractivity contribution is 5.78. The molecule has 144 valence electrons. The summed E-state index contributed by atoms with van der Waals surface area (Å²) in [6.45, 7) is 2.74. The van der Waals surface area contributed by atoms with Crippen molar-refractivity contribution >= 4 is 11.8 Å². The van der Waals surface area contributed by atoms with Gasteiger partial charge in [0.05, 0.1) is 13.5 Å². The zero-order valence-electron chi connectivity index (χ0n) is 15.7. The van der Waals surface area contributed by atoms with Crippen LogP contribution in [0, 0.1) is 5.82 Å². The van der Waals surface area contributed by atoms with Gasteiger partial charge in [0.25, 0.3) is 0 Å². The van der Waals surface area contributed by atoms with Crippen molar-refractivity contribution in [3.05, 3.63) is 65.5 Å². The molecule has 1 N–H and O–H groups in total. The van der Waals surface area contributed by atoms with Gasteiger partial charge in [-0.3, -0.25) is 9.59 Å². The Morgan fingerprint density at radius 3 is 2.37 bits per heavy atom. The van der Waals surface area contributed by atoms with Gasteiger partial charge in [0.2, 0.25) is 11.8 Å². The monoisotopic (exact) mass is 372 g/mol. The topological polar surface area (TPSA) is 58.6 Å². The molecule has 0 heterocycles. The minimum atomic E-state index is -0.394. The van der Waals surface area contributed by atoms with Crippen molar-refractivity contribution in [1.29, 1.82) is 0 Å². The van der Waals surface area contributed by atoms with Gasteiger partial charge >= 0.3 is 0 Å². The summed E-state index contributed by atoms with van der Waals surface area (Å²) < 4.78 is 18.9. The van der Waals surface area contributed by atoms with Gasteiger partial charge in [-0.15, -0.1) is 0 Å². The van der Waals surface area contributed by atoms with E-state index in [4.69, 9.17) is 4.74 Å². The maximum atomic E-state index is 13.6. The highest BCUT2D eigenvalue weighted by Gasteiger charge is 2.12. The lowest BCUT2D eigenvalue weighted by molar-refractivity contribution is -0.129. The van der Waals surface area contributed by atoms with E-state index in [9.17, 15) is 14.0 Å². The van der Waals surface area contributed by atoms with E-state index in [0.29, 0.717) is 31.6 Å². The molecule has 27 heavy (non-hydrogen) atoms. The van der Waals surface area contributed by atoms with Crippen LogP contribution in [0.1, 0.15) is 18.1 Å². The normalized spacial score (nSPS) is 10.3. The first-order valence-corrected chi connectivity index (χ1v) is 8.88. The fourth-order valence-electron chi connectivity index (χ4n) is 2.80. The molecular formula is C21H25FN2O3. The second-order valence-electron chi connectivity index (χ2n) is 6.19. The second kappa shape index (κ2) is 10.3. The Labute approximate surface area is 159 Å². The first kappa shape index (κ1) is 20.4. The number of hydrogen-bond acceptors (Lipinski definition) is 3. The average molecular weight is 372 g/mol. The highest BCUT2D eigenvalue weighted by atomic mass is 19.1. The number of carbonyl (C=O) groups is 2. The van der Waals surface area contributed by atoms with Crippen molar-refractivity contribution < 1.29 is 18.7 Å². The van der Waals surface area contributed by atoms with Crippen molar-refractivity contribution in [2.75, 3.05) is 26.7 Å². The Hall–Kier alpha value is -2.89. The Morgan fingerprint density at radius 2 is 1.70 bits per heavy atom. The zero-order valence-corrected chi connectivity index (χ0v) is 15.7. The number of para-hydroxylation sites is 1. The predicted molar refractivity (Wildman–Crippen MR) is 102 cm³/mol. The fraction of sp³-hybridized carbons (Fsp3) is 0.333. The molecule has 0 aliphatic carbocycles. The second-order valence-corrected chi connectivity index (χ2v) is 6.19. The molecule has 0 saturated carbocycles. The molecule has 0 atom stereocenters. The van der Waals surface area contributed by atoms with E-state index in [0.717, 1.165) is 11.3 Å². The number of methoxy groups -OCH3 is 1. The number of nitrogens with zero attached hydrogens (tertiary/aromatic N) is 1. The summed E-state index contributed by atoms with van der Waals surface area (Å²) in [5.41, 5.74) is 1.38. The molecule has 0 saturated heterocycles. The Bertz CT molecular complexity index is 780. The Kier molecular flexibility index (Phi) is 7.79. The summed E-state index contributed by atoms with van der Waals surface area (Å²) in [7, 11) is 1.62. The van der Waals surface area contributed by atoms with Crippen molar-refractivity contribution in [3.63, 3.8) is 0 Å². The largest absolute Gasteiger partial charge is 0.496 e. The van der Waals surface area contributed by atoms with Crippen LogP contribution < -0.4 is 10.1 Å². The number of carbonyl (C=O) groups excluding carboxylic acids is 2. The molecule has 0 aliphatic heterocycles. The summed E-state index contributed by atoms with van der Waals surface area (Å²) in [6.07, 6.45) is 0.640. The minimum Gasteiger partial charge on any atom is -0.496 e. The molecular weight excluding hydrogens is 347 g/mol. The molecule has 0 bridgehead atoms. The number of nitrogens with one attached hydrogen (secondary N) is 1. The van der Waals surface area contributed by atoms with Gasteiger partial charge in [-0.25, -0.2) is 4.39 Å². The fourth-order valence-corrected chi connectivity index (χ4v) is 2.80. The molecule has 2 aromatic rings. The summed E-state index contributed by atoms with van der Waals surface area (Å²) >= 11 is 0. The van der Waals surface area contributed by atoms with Crippen molar-refractivity contribution in [1.82, 2.24) is 10.2 Å². The first-order valence-electron chi connectivity index (χ1n) is 8.88. The van der Waals surface area contributed by atoms with Crippen LogP contribution in [-0.4, -0.2) is 43.5 Å². The summed E-state index contributed by atoms with van der Waals surface area (Å²) in [6, 6.07) is 13.9. The molecule has 0 spiro atoms. The third kappa shape index (κ3) is 6.40. The summed E-state index contributed by atoms with van der Waals surface area (Å²) in [4.78, 5) is 25.5. The predicted octanol–water partition coefficient (Wildman–Crippen LogP) is 2.58. The minimum absolute atomic E-state index is 0.0199. The maximum absolute atomic E-state index is 13.6. The maximum Gasteiger partial charge on any atom is 0.224 e. The lowest BCUT2D eigenvalue weighted by Gasteiger charge is -2.22. The molecule has 2 aromatic carbocycles. The quantitative estimate of drug-likeness (QED) is 0.736. The number of ether oxygens (including phenoxy) is 1. The van der Waals surface area contributed by atoms with E-state index < -0.39 is 5.82 Å². The van der Waals surface area contributed by atoms with Gasteiger partial charge < -0.3 is 15.0 Å². The van der Waals surface area contributed by atoms with Gasteiger partial charge in [0, 0.05) is 26.6 Å². The van der Waals surface area contributed by atoms with Crippen LogP contribution in [0.2, 0.25) is 0 Å². The lowest BCUT2D eigenvalue weighted by atomic mass is 10.1. The van der Waals surface area contributed by atoms with Crippen LogP contribution in [0.25, 0.3) is 0 Å². The standard InChI is InChI=1S/C21H25FN2O3/c1-16(25)24(13-11-17-7-4-6-10-20(17)27-2)14-12-23-21(26)15-18-8-3-5-9-19(18)22/h3-10H,11-15H2,1-2H3,(H,23,26). The number of benzene rings is 2. The summed E-state index contributed by atoms with van der Waals surface area (Å²) in [5, 5.41) is 2.74. The van der Waals surface area contributed by atoms with Gasteiger partial charge in [-0.2, -0.15) is 0 Å². The first-order chi connectivity index (χ1) is 13.0. The molecule has 0 radical (unpaired) electrons. The van der Waals surface area contributed by atoms with E-state index in [1.54, 1.807) is 30.2 Å². The van der Waals surface area contributed by atoms with Crippen molar-refractivity contribution in [3.8, 4) is 5.75 Å². The summed E-state index contributed by atoms with van der Waals surface area (Å²) in [5.74, 6) is 0.0654. The number of hydrogen-bond donors (Lipinski definition) is 1. The van der Waals surface area contributed by atoms with E-state index in [1.807, 2.05) is 24.3 Å². The van der Waals surface area contributed by atoms with Crippen LogP contribution >= 0.6 is 0 Å². The van der Waals surface area contributed by atoms with Gasteiger partial charge in [0.1, 0.15) is 11.6 Å². The van der Waals surface area contributed by atoms with Gasteiger partial charge in [0.15, 0.2) is 0 Å². The van der Waals surface area contributed by atoms with Crippen LogP contribution in [0.15, 0.2) is 48.5 Å². The average Bonchev–Trinajstić information content (AvgIpc) is 2.66. The molecule has 0 aromatic heterocycles. The molecule has 2 amide bonds. The molecule has 5 nitrogen and oxygen atoms in total. The van der Waals surface area contributed by atoms with E-state index in [-0.39, 0.29) is 18.2 Å². The third-order valence-electron chi connectivity index (χ3n) is 4.30. The molecule has 6 heteroatoms. The van der Waals surface area contributed by atoms with Gasteiger partial charge in [-0.1, -0.05) is 36.4 Å². The SMILES string of the molecule is COc1ccccc1CCN(CCNC(=O)Cc1ccccc1F)C(C)=O. The van der Waals surface area contributed by atoms with Crippen LogP contribution in [0.3, 0.4) is 0 Å². The van der Waals surface area contributed by atoms with E-state index in [1.165, 1.54) is 13.0 Å². The lowest BCUT2D eigenvalue weighted by Crippen LogP contribution is -2.39. The van der Waals surface area contributed by atoms with Crippen molar-refractivity contribution in [2.45, 2.75) is 19.8 Å². The molecule has 0 aliphatic rings. The number of rotatable bonds is 9. The van der Waals surface area contributed by atoms with E-state index >= 15 is 0 Å². The number of halogens is 1. The smallest absolute Gasteiger partial charge is 0.224 e. The van der Waals surface area contributed by atoms with Gasteiger partial charge in [-0.05, 0) is 29.7 Å². The number of amides is 2. The van der Waals surface area contributed by atoms with Crippen LogP contribution in [0.5, 0.6) is 5.75 Å². The molecule has 0 fully saturated rings. The van der Waals surface area contributed by atoms with Crippen molar-refractivity contribution in [2.24, 2.45) is 0 Å². The highest BCUT2D eigenvalue weighted by Crippen LogP contribution is 2.18. The zero-order chi connectivity index (χ0) is 19.6. The molecule has 0 unspecified atom stereocenters. The van der Waals surface area contributed by atoms with E-state index in [2.05, 4.69) is 5.32 Å². The third-order valence-corrected chi connectivity index (χ3v) is 4.30. The van der Waals surface area contributed by atoms with Crippen LogP contribution in [-0.2, 0) is 22.4 Å². The Morgan fingerprint density at radius 1 is 1.04 bits per heavy atom.